The van der Waals surface area contributed by atoms with Crippen LogP contribution in [0.15, 0.2) is 34.1 Å². The Labute approximate surface area is 118 Å². The van der Waals surface area contributed by atoms with Crippen LogP contribution in [0.1, 0.15) is 12.8 Å². The normalized spacial score (nSPS) is 12.5. The largest absolute Gasteiger partial charge is 0.385 e. The van der Waals surface area contributed by atoms with Crippen molar-refractivity contribution in [3.63, 3.8) is 0 Å². The minimum Gasteiger partial charge on any atom is -0.385 e. The van der Waals surface area contributed by atoms with Gasteiger partial charge in [-0.25, -0.2) is 13.1 Å². The van der Waals surface area contributed by atoms with Crippen molar-refractivity contribution in [3.8, 4) is 0 Å². The van der Waals surface area contributed by atoms with E-state index in [1.54, 1.807) is 7.11 Å². The minimum absolute atomic E-state index is 0.114. The molecule has 1 N–H and O–H groups in total. The summed E-state index contributed by atoms with van der Waals surface area (Å²) >= 11 is 0. The molecule has 20 heavy (non-hydrogen) atoms. The lowest BCUT2D eigenvalue weighted by Crippen LogP contribution is -2.25. The number of benzene rings is 1. The van der Waals surface area contributed by atoms with Gasteiger partial charge in [0.1, 0.15) is 0 Å². The van der Waals surface area contributed by atoms with Crippen molar-refractivity contribution in [2.24, 2.45) is 0 Å². The van der Waals surface area contributed by atoms with E-state index in [1.807, 2.05) is 0 Å². The maximum atomic E-state index is 12.7. The number of unbranched alkanes of at least 4 members (excludes halogenated alkanes) is 1. The van der Waals surface area contributed by atoms with Gasteiger partial charge in [-0.1, -0.05) is 0 Å². The molecule has 0 amide bonds. The molecule has 1 aromatic rings. The molecule has 0 aliphatic carbocycles. The summed E-state index contributed by atoms with van der Waals surface area (Å²) in [6, 6.07) is 3.91. The lowest BCUT2D eigenvalue weighted by Gasteiger charge is -2.06. The van der Waals surface area contributed by atoms with Crippen molar-refractivity contribution >= 4 is 20.2 Å². The number of hydrogen-bond acceptors (Lipinski definition) is 5. The molecule has 0 spiro atoms. The number of ether oxygens (including phenoxy) is 1. The predicted octanol–water partition coefficient (Wildman–Crippen LogP) is 1.05. The lowest BCUT2D eigenvalue weighted by molar-refractivity contribution is 0.193. The summed E-state index contributed by atoms with van der Waals surface area (Å²) in [6.07, 6.45) is 1.34. The van der Waals surface area contributed by atoms with Crippen LogP contribution in [0.4, 0.5) is 3.89 Å². The van der Waals surface area contributed by atoms with Gasteiger partial charge in [0, 0.05) is 20.3 Å². The number of rotatable bonds is 8. The highest BCUT2D eigenvalue weighted by Gasteiger charge is 2.16. The molecule has 114 valence electrons. The Morgan fingerprint density at radius 2 is 1.60 bits per heavy atom. The van der Waals surface area contributed by atoms with Gasteiger partial charge in [-0.15, -0.1) is 3.89 Å². The van der Waals surface area contributed by atoms with Crippen molar-refractivity contribution in [2.75, 3.05) is 20.3 Å². The van der Waals surface area contributed by atoms with Crippen LogP contribution >= 0.6 is 0 Å². The minimum atomic E-state index is -4.82. The van der Waals surface area contributed by atoms with Gasteiger partial charge in [0.15, 0.2) is 0 Å². The Morgan fingerprint density at radius 3 is 2.10 bits per heavy atom. The van der Waals surface area contributed by atoms with E-state index in [9.17, 15) is 20.7 Å². The van der Waals surface area contributed by atoms with Crippen LogP contribution in [0.25, 0.3) is 0 Å². The van der Waals surface area contributed by atoms with E-state index in [0.717, 1.165) is 30.7 Å². The highest BCUT2D eigenvalue weighted by Crippen LogP contribution is 2.16. The van der Waals surface area contributed by atoms with Crippen molar-refractivity contribution in [3.05, 3.63) is 24.3 Å². The zero-order valence-corrected chi connectivity index (χ0v) is 12.5. The van der Waals surface area contributed by atoms with Crippen LogP contribution in [0.5, 0.6) is 0 Å². The average molecular weight is 325 g/mol. The van der Waals surface area contributed by atoms with E-state index < -0.39 is 25.1 Å². The molecule has 0 radical (unpaired) electrons. The second-order valence-electron chi connectivity index (χ2n) is 4.01. The van der Waals surface area contributed by atoms with Gasteiger partial charge in [-0.3, -0.25) is 0 Å². The molecule has 9 heteroatoms. The van der Waals surface area contributed by atoms with Crippen molar-refractivity contribution in [1.82, 2.24) is 4.72 Å². The van der Waals surface area contributed by atoms with E-state index in [1.165, 1.54) is 0 Å². The molecule has 6 nitrogen and oxygen atoms in total. The number of halogens is 1. The summed E-state index contributed by atoms with van der Waals surface area (Å²) in [6.45, 7) is 0.791. The molecule has 0 bridgehead atoms. The van der Waals surface area contributed by atoms with Crippen LogP contribution in [0.2, 0.25) is 0 Å². The Kier molecular flexibility index (Phi) is 6.06. The van der Waals surface area contributed by atoms with Crippen molar-refractivity contribution in [2.45, 2.75) is 22.6 Å². The maximum absolute atomic E-state index is 12.7. The second kappa shape index (κ2) is 7.11. The third kappa shape index (κ3) is 5.16. The predicted molar refractivity (Wildman–Crippen MR) is 71.0 cm³/mol. The van der Waals surface area contributed by atoms with Crippen LogP contribution in [-0.2, 0) is 25.0 Å². The van der Waals surface area contributed by atoms with Gasteiger partial charge in [0.2, 0.25) is 10.0 Å². The Hall–Kier alpha value is -1.03. The molecule has 1 aromatic carbocycles. The van der Waals surface area contributed by atoms with Gasteiger partial charge in [0.25, 0.3) is 0 Å². The zero-order chi connectivity index (χ0) is 15.2. The fourth-order valence-corrected chi connectivity index (χ4v) is 2.98. The van der Waals surface area contributed by atoms with Gasteiger partial charge >= 0.3 is 10.2 Å². The summed E-state index contributed by atoms with van der Waals surface area (Å²) < 4.78 is 64.8. The number of nitrogens with one attached hydrogen (secondary N) is 1. The van der Waals surface area contributed by atoms with Crippen molar-refractivity contribution in [1.29, 1.82) is 0 Å². The molecule has 0 aliphatic heterocycles. The molecule has 0 aliphatic rings. The molecule has 0 unspecified atom stereocenters. The first kappa shape index (κ1) is 17.0. The summed E-state index contributed by atoms with van der Waals surface area (Å²) in [5, 5.41) is 0. The number of methoxy groups -OCH3 is 1. The molecule has 1 rings (SSSR count). The molecular formula is C11H16FNO5S2. The van der Waals surface area contributed by atoms with Crippen LogP contribution in [-0.4, -0.2) is 37.1 Å². The fourth-order valence-electron chi connectivity index (χ4n) is 1.44. The highest BCUT2D eigenvalue weighted by atomic mass is 32.3. The second-order valence-corrected chi connectivity index (χ2v) is 7.12. The number of sulfonamides is 1. The topological polar surface area (TPSA) is 89.5 Å². The summed E-state index contributed by atoms with van der Waals surface area (Å²) in [4.78, 5) is -0.687. The Balaban J connectivity index is 2.69. The first-order valence-electron chi connectivity index (χ1n) is 5.81. The molecule has 0 saturated carbocycles. The van der Waals surface area contributed by atoms with Crippen LogP contribution < -0.4 is 4.72 Å². The summed E-state index contributed by atoms with van der Waals surface area (Å²) in [5.74, 6) is 0. The molecule has 0 atom stereocenters. The summed E-state index contributed by atoms with van der Waals surface area (Å²) in [5.41, 5.74) is 0. The third-order valence-electron chi connectivity index (χ3n) is 2.48. The first-order valence-corrected chi connectivity index (χ1v) is 8.67. The molecule has 0 fully saturated rings. The first-order chi connectivity index (χ1) is 9.27. The number of hydrogen-bond donors (Lipinski definition) is 1. The Bertz CT molecular complexity index is 625. The van der Waals surface area contributed by atoms with Gasteiger partial charge in [0.05, 0.1) is 9.79 Å². The molecule has 0 saturated heterocycles. The maximum Gasteiger partial charge on any atom is 0.332 e. The van der Waals surface area contributed by atoms with Crippen LogP contribution in [0.3, 0.4) is 0 Å². The smallest absolute Gasteiger partial charge is 0.332 e. The van der Waals surface area contributed by atoms with E-state index in [-0.39, 0.29) is 11.4 Å². The Morgan fingerprint density at radius 1 is 1.05 bits per heavy atom. The van der Waals surface area contributed by atoms with Gasteiger partial charge < -0.3 is 4.74 Å². The van der Waals surface area contributed by atoms with Crippen LogP contribution in [0, 0.1) is 0 Å². The zero-order valence-electron chi connectivity index (χ0n) is 10.9. The van der Waals surface area contributed by atoms with E-state index in [4.69, 9.17) is 4.74 Å². The van der Waals surface area contributed by atoms with E-state index in [2.05, 4.69) is 4.72 Å². The van der Waals surface area contributed by atoms with Crippen molar-refractivity contribution < 1.29 is 25.5 Å². The standard InChI is InChI=1S/C11H16FNO5S2/c1-18-9-3-2-8-13-20(16,17)11-6-4-10(5-7-11)19(12,14)15/h4-7,13H,2-3,8-9H2,1H3. The third-order valence-corrected chi connectivity index (χ3v) is 4.80. The van der Waals surface area contributed by atoms with E-state index >= 15 is 0 Å². The van der Waals surface area contributed by atoms with E-state index in [0.29, 0.717) is 13.0 Å². The average Bonchev–Trinajstić information content (AvgIpc) is 2.37. The SMILES string of the molecule is COCCCCNS(=O)(=O)c1ccc(S(=O)(=O)F)cc1. The highest BCUT2D eigenvalue weighted by molar-refractivity contribution is 7.89. The fraction of sp³-hybridized carbons (Fsp3) is 0.455. The van der Waals surface area contributed by atoms with Gasteiger partial charge in [-0.2, -0.15) is 8.42 Å². The lowest BCUT2D eigenvalue weighted by atomic mass is 10.3. The molecule has 0 heterocycles. The molecular weight excluding hydrogens is 309 g/mol. The summed E-state index contributed by atoms with van der Waals surface area (Å²) in [7, 11) is -6.98. The quantitative estimate of drug-likeness (QED) is 0.570. The molecule has 0 aromatic heterocycles. The van der Waals surface area contributed by atoms with Gasteiger partial charge in [-0.05, 0) is 37.1 Å². The monoisotopic (exact) mass is 325 g/mol.